The maximum atomic E-state index is 13.0. The molecule has 0 bridgehead atoms. The Hall–Kier alpha value is -2.61. The summed E-state index contributed by atoms with van der Waals surface area (Å²) in [7, 11) is 0. The second-order valence-electron chi connectivity index (χ2n) is 6.91. The van der Waals surface area contributed by atoms with E-state index in [9.17, 15) is 14.4 Å². The Labute approximate surface area is 157 Å². The van der Waals surface area contributed by atoms with Crippen molar-refractivity contribution in [3.63, 3.8) is 0 Å². The van der Waals surface area contributed by atoms with Gasteiger partial charge in [-0.3, -0.25) is 19.3 Å². The third-order valence-corrected chi connectivity index (χ3v) is 5.25. The Morgan fingerprint density at radius 1 is 1.26 bits per heavy atom. The number of ether oxygens (including phenoxy) is 3. The van der Waals surface area contributed by atoms with Gasteiger partial charge in [-0.15, -0.1) is 0 Å². The van der Waals surface area contributed by atoms with Crippen molar-refractivity contribution in [2.75, 3.05) is 31.4 Å². The van der Waals surface area contributed by atoms with Crippen LogP contribution in [0, 0.1) is 5.92 Å². The third kappa shape index (κ3) is 3.25. The van der Waals surface area contributed by atoms with Crippen LogP contribution in [-0.4, -0.2) is 55.2 Å². The Kier molecular flexibility index (Phi) is 4.73. The molecule has 1 aromatic rings. The molecule has 3 heterocycles. The van der Waals surface area contributed by atoms with Gasteiger partial charge in [0.25, 0.3) is 5.91 Å². The molecule has 2 amide bonds. The number of hydrogen-bond acceptors (Lipinski definition) is 7. The topological polar surface area (TPSA) is 85.4 Å². The SMILES string of the molecule is CCOC(=O)[C@H]1CCCN([C@H]2CC(=O)N(c3ccc4c(c3)OCO4)C2=O)C1. The average molecular weight is 374 g/mol. The van der Waals surface area contributed by atoms with Crippen LogP contribution < -0.4 is 14.4 Å². The van der Waals surface area contributed by atoms with Gasteiger partial charge in [0.05, 0.1) is 30.7 Å². The first-order valence-electron chi connectivity index (χ1n) is 9.25. The van der Waals surface area contributed by atoms with Gasteiger partial charge in [-0.1, -0.05) is 0 Å². The lowest BCUT2D eigenvalue weighted by Crippen LogP contribution is -2.48. The Morgan fingerprint density at radius 3 is 2.89 bits per heavy atom. The third-order valence-electron chi connectivity index (χ3n) is 5.25. The van der Waals surface area contributed by atoms with E-state index in [1.165, 1.54) is 4.90 Å². The van der Waals surface area contributed by atoms with Crippen molar-refractivity contribution in [2.45, 2.75) is 32.2 Å². The maximum Gasteiger partial charge on any atom is 0.310 e. The number of rotatable bonds is 4. The van der Waals surface area contributed by atoms with Crippen LogP contribution >= 0.6 is 0 Å². The van der Waals surface area contributed by atoms with Crippen molar-refractivity contribution < 1.29 is 28.6 Å². The van der Waals surface area contributed by atoms with Crippen LogP contribution in [0.1, 0.15) is 26.2 Å². The Balaban J connectivity index is 1.50. The molecule has 0 radical (unpaired) electrons. The normalized spacial score (nSPS) is 25.1. The fraction of sp³-hybridized carbons (Fsp3) is 0.526. The first-order valence-corrected chi connectivity index (χ1v) is 9.25. The molecule has 3 aliphatic heterocycles. The zero-order valence-electron chi connectivity index (χ0n) is 15.2. The molecule has 0 aromatic heterocycles. The molecule has 0 saturated carbocycles. The molecule has 0 spiro atoms. The minimum Gasteiger partial charge on any atom is -0.466 e. The van der Waals surface area contributed by atoms with Crippen molar-refractivity contribution in [1.82, 2.24) is 4.90 Å². The average Bonchev–Trinajstić information content (AvgIpc) is 3.25. The minimum atomic E-state index is -0.542. The van der Waals surface area contributed by atoms with Gasteiger partial charge in [0.2, 0.25) is 12.7 Å². The summed E-state index contributed by atoms with van der Waals surface area (Å²) in [4.78, 5) is 40.8. The standard InChI is InChI=1S/C19H22N2O6/c1-2-25-19(24)12-4-3-7-20(10-12)14-9-17(22)21(18(14)23)13-5-6-15-16(8-13)27-11-26-15/h5-6,8,12,14H,2-4,7,9-11H2,1H3/t12-,14-/m0/s1. The molecule has 2 fully saturated rings. The Morgan fingerprint density at radius 2 is 2.07 bits per heavy atom. The van der Waals surface area contributed by atoms with Crippen LogP contribution in [0.2, 0.25) is 0 Å². The van der Waals surface area contributed by atoms with Crippen molar-refractivity contribution >= 4 is 23.5 Å². The summed E-state index contributed by atoms with van der Waals surface area (Å²) in [6.45, 7) is 3.38. The highest BCUT2D eigenvalue weighted by molar-refractivity contribution is 6.22. The van der Waals surface area contributed by atoms with Gasteiger partial charge >= 0.3 is 5.97 Å². The molecule has 0 N–H and O–H groups in total. The van der Waals surface area contributed by atoms with E-state index in [4.69, 9.17) is 14.2 Å². The molecule has 2 atom stereocenters. The van der Waals surface area contributed by atoms with Crippen molar-refractivity contribution in [2.24, 2.45) is 5.92 Å². The highest BCUT2D eigenvalue weighted by Gasteiger charge is 2.44. The van der Waals surface area contributed by atoms with E-state index in [-0.39, 0.29) is 36.9 Å². The first kappa shape index (κ1) is 17.8. The summed E-state index contributed by atoms with van der Waals surface area (Å²) in [5.74, 6) is 0.137. The smallest absolute Gasteiger partial charge is 0.310 e. The summed E-state index contributed by atoms with van der Waals surface area (Å²) in [5, 5.41) is 0. The van der Waals surface area contributed by atoms with E-state index in [0.29, 0.717) is 36.9 Å². The number of amides is 2. The molecule has 3 aliphatic rings. The summed E-state index contributed by atoms with van der Waals surface area (Å²) in [6, 6.07) is 4.49. The van der Waals surface area contributed by atoms with Crippen LogP contribution in [0.3, 0.4) is 0 Å². The van der Waals surface area contributed by atoms with Gasteiger partial charge in [-0.2, -0.15) is 0 Å². The largest absolute Gasteiger partial charge is 0.466 e. The number of esters is 1. The van der Waals surface area contributed by atoms with Crippen molar-refractivity contribution in [3.05, 3.63) is 18.2 Å². The van der Waals surface area contributed by atoms with Gasteiger partial charge in [-0.25, -0.2) is 4.90 Å². The quantitative estimate of drug-likeness (QED) is 0.580. The number of imide groups is 1. The number of anilines is 1. The monoisotopic (exact) mass is 374 g/mol. The van der Waals surface area contributed by atoms with Gasteiger partial charge in [0, 0.05) is 12.6 Å². The van der Waals surface area contributed by atoms with Crippen LogP contribution in [0.25, 0.3) is 0 Å². The zero-order chi connectivity index (χ0) is 19.0. The summed E-state index contributed by atoms with van der Waals surface area (Å²) < 4.78 is 15.7. The first-order chi connectivity index (χ1) is 13.1. The Bertz CT molecular complexity index is 779. The number of likely N-dealkylation sites (tertiary alicyclic amines) is 1. The molecule has 0 aliphatic carbocycles. The number of carbonyl (C=O) groups excluding carboxylic acids is 3. The molecule has 0 unspecified atom stereocenters. The molecule has 27 heavy (non-hydrogen) atoms. The minimum absolute atomic E-state index is 0.114. The molecule has 1 aromatic carbocycles. The summed E-state index contributed by atoms with van der Waals surface area (Å²) >= 11 is 0. The highest BCUT2D eigenvalue weighted by atomic mass is 16.7. The number of fused-ring (bicyclic) bond motifs is 1. The van der Waals surface area contributed by atoms with Gasteiger partial charge < -0.3 is 14.2 Å². The van der Waals surface area contributed by atoms with Crippen molar-refractivity contribution in [1.29, 1.82) is 0 Å². The molecular weight excluding hydrogens is 352 g/mol. The fourth-order valence-corrected chi connectivity index (χ4v) is 3.94. The molecule has 144 valence electrons. The van der Waals surface area contributed by atoms with E-state index >= 15 is 0 Å². The zero-order valence-corrected chi connectivity index (χ0v) is 15.2. The maximum absolute atomic E-state index is 13.0. The number of piperidine rings is 1. The number of carbonyl (C=O) groups is 3. The number of benzene rings is 1. The second-order valence-corrected chi connectivity index (χ2v) is 6.91. The summed E-state index contributed by atoms with van der Waals surface area (Å²) in [6.07, 6.45) is 1.66. The van der Waals surface area contributed by atoms with E-state index in [1.54, 1.807) is 25.1 Å². The lowest BCUT2D eigenvalue weighted by molar-refractivity contribution is -0.150. The van der Waals surface area contributed by atoms with Crippen LogP contribution in [0.4, 0.5) is 5.69 Å². The molecule has 8 heteroatoms. The van der Waals surface area contributed by atoms with Gasteiger partial charge in [0.15, 0.2) is 11.5 Å². The number of hydrogen-bond donors (Lipinski definition) is 0. The van der Waals surface area contributed by atoms with E-state index in [1.807, 2.05) is 4.90 Å². The fourth-order valence-electron chi connectivity index (χ4n) is 3.94. The highest BCUT2D eigenvalue weighted by Crippen LogP contribution is 2.37. The molecular formula is C19H22N2O6. The lowest BCUT2D eigenvalue weighted by Gasteiger charge is -2.34. The molecule has 4 rings (SSSR count). The van der Waals surface area contributed by atoms with Crippen LogP contribution in [-0.2, 0) is 19.1 Å². The second kappa shape index (κ2) is 7.19. The van der Waals surface area contributed by atoms with Gasteiger partial charge in [0.1, 0.15) is 0 Å². The molecule has 8 nitrogen and oxygen atoms in total. The van der Waals surface area contributed by atoms with Crippen molar-refractivity contribution in [3.8, 4) is 11.5 Å². The van der Waals surface area contributed by atoms with E-state index in [0.717, 1.165) is 12.8 Å². The lowest BCUT2D eigenvalue weighted by atomic mass is 9.96. The summed E-state index contributed by atoms with van der Waals surface area (Å²) in [5.41, 5.74) is 0.482. The number of nitrogens with zero attached hydrogens (tertiary/aromatic N) is 2. The van der Waals surface area contributed by atoms with E-state index < -0.39 is 6.04 Å². The van der Waals surface area contributed by atoms with E-state index in [2.05, 4.69) is 0 Å². The van der Waals surface area contributed by atoms with Crippen LogP contribution in [0.15, 0.2) is 18.2 Å². The van der Waals surface area contributed by atoms with Gasteiger partial charge in [-0.05, 0) is 38.4 Å². The predicted octanol–water partition coefficient (Wildman–Crippen LogP) is 1.32. The molecule has 2 saturated heterocycles. The predicted molar refractivity (Wildman–Crippen MR) is 94.4 cm³/mol. The van der Waals surface area contributed by atoms with Crippen LogP contribution in [0.5, 0.6) is 11.5 Å².